The average Bonchev–Trinajstić information content (AvgIpc) is 2.47. The molecule has 1 fully saturated rings. The normalized spacial score (nSPS) is 16.7. The minimum atomic E-state index is -0.414. The number of hydrogen-bond donors (Lipinski definition) is 1. The monoisotopic (exact) mass is 250 g/mol. The Morgan fingerprint density at radius 2 is 2.06 bits per heavy atom. The maximum Gasteiger partial charge on any atom is 0.341 e. The van der Waals surface area contributed by atoms with Crippen molar-refractivity contribution < 1.29 is 9.53 Å². The van der Waals surface area contributed by atoms with Crippen molar-refractivity contribution in [3.8, 4) is 0 Å². The molecule has 0 amide bonds. The van der Waals surface area contributed by atoms with E-state index in [0.717, 1.165) is 32.5 Å². The highest BCUT2D eigenvalue weighted by Gasteiger charge is 2.20. The molecule has 0 aliphatic carbocycles. The van der Waals surface area contributed by atoms with Gasteiger partial charge in [-0.05, 0) is 25.3 Å². The topological polar surface area (TPSA) is 81.3 Å². The molecule has 0 radical (unpaired) electrons. The molecule has 2 rings (SSSR count). The smallest absolute Gasteiger partial charge is 0.341 e. The van der Waals surface area contributed by atoms with Crippen molar-refractivity contribution in [2.75, 3.05) is 31.6 Å². The Bertz CT molecular complexity index is 399. The molecule has 0 aromatic carbocycles. The van der Waals surface area contributed by atoms with Gasteiger partial charge in [0.05, 0.1) is 12.7 Å². The number of ether oxygens (including phenoxy) is 1. The third-order valence-corrected chi connectivity index (χ3v) is 3.29. The highest BCUT2D eigenvalue weighted by Crippen LogP contribution is 2.19. The second-order valence-corrected chi connectivity index (χ2v) is 4.43. The van der Waals surface area contributed by atoms with Crippen LogP contribution < -0.4 is 10.6 Å². The molecule has 18 heavy (non-hydrogen) atoms. The van der Waals surface area contributed by atoms with Gasteiger partial charge >= 0.3 is 5.97 Å². The molecule has 6 heteroatoms. The predicted molar refractivity (Wildman–Crippen MR) is 67.4 cm³/mol. The highest BCUT2D eigenvalue weighted by atomic mass is 16.5. The van der Waals surface area contributed by atoms with Gasteiger partial charge in [0.25, 0.3) is 0 Å². The minimum Gasteiger partial charge on any atom is -0.465 e. The first-order valence-electron chi connectivity index (χ1n) is 6.10. The van der Waals surface area contributed by atoms with Crippen LogP contribution in [0.15, 0.2) is 12.4 Å². The lowest BCUT2D eigenvalue weighted by Gasteiger charge is -2.31. The Morgan fingerprint density at radius 3 is 2.56 bits per heavy atom. The summed E-state index contributed by atoms with van der Waals surface area (Å²) in [6.45, 7) is 2.58. The van der Waals surface area contributed by atoms with Gasteiger partial charge in [-0.25, -0.2) is 14.8 Å². The van der Waals surface area contributed by atoms with E-state index in [4.69, 9.17) is 5.73 Å². The quantitative estimate of drug-likeness (QED) is 0.784. The second-order valence-electron chi connectivity index (χ2n) is 4.43. The predicted octanol–water partition coefficient (Wildman–Crippen LogP) is 0.438. The molecule has 1 aromatic heterocycles. The summed E-state index contributed by atoms with van der Waals surface area (Å²) < 4.78 is 4.60. The number of esters is 1. The van der Waals surface area contributed by atoms with Crippen LogP contribution in [-0.2, 0) is 4.74 Å². The number of aromatic nitrogens is 2. The van der Waals surface area contributed by atoms with Crippen LogP contribution >= 0.6 is 0 Å². The summed E-state index contributed by atoms with van der Waals surface area (Å²) in [5, 5.41) is 0. The fourth-order valence-corrected chi connectivity index (χ4v) is 2.08. The molecule has 6 nitrogen and oxygen atoms in total. The molecule has 1 saturated heterocycles. The number of nitrogens with zero attached hydrogens (tertiary/aromatic N) is 3. The van der Waals surface area contributed by atoms with Crippen LogP contribution in [0.1, 0.15) is 23.2 Å². The van der Waals surface area contributed by atoms with Gasteiger partial charge in [0, 0.05) is 25.5 Å². The summed E-state index contributed by atoms with van der Waals surface area (Å²) in [6, 6.07) is 0. The number of carbonyl (C=O) groups excluding carboxylic acids is 1. The molecule has 0 unspecified atom stereocenters. The molecule has 98 valence electrons. The molecule has 1 aromatic rings. The second kappa shape index (κ2) is 5.77. The zero-order valence-corrected chi connectivity index (χ0v) is 10.5. The van der Waals surface area contributed by atoms with Crippen LogP contribution in [0.2, 0.25) is 0 Å². The minimum absolute atomic E-state index is 0.373. The van der Waals surface area contributed by atoms with Crippen LogP contribution in [0.25, 0.3) is 0 Å². The first kappa shape index (κ1) is 12.8. The summed E-state index contributed by atoms with van der Waals surface area (Å²) in [5.74, 6) is 0.858. The zero-order valence-electron chi connectivity index (χ0n) is 10.5. The van der Waals surface area contributed by atoms with Crippen molar-refractivity contribution in [3.05, 3.63) is 18.0 Å². The molecule has 0 spiro atoms. The standard InChI is InChI=1S/C12H18N4O2/c1-18-11(17)10-7-14-12(15-8-10)16-4-2-9(6-13)3-5-16/h7-9H,2-6,13H2,1H3. The van der Waals surface area contributed by atoms with E-state index in [2.05, 4.69) is 19.6 Å². The van der Waals surface area contributed by atoms with Gasteiger partial charge < -0.3 is 15.4 Å². The van der Waals surface area contributed by atoms with Gasteiger partial charge in [-0.3, -0.25) is 0 Å². The van der Waals surface area contributed by atoms with E-state index in [-0.39, 0.29) is 0 Å². The Hall–Kier alpha value is -1.69. The van der Waals surface area contributed by atoms with Crippen molar-refractivity contribution in [1.29, 1.82) is 0 Å². The Balaban J connectivity index is 2.00. The van der Waals surface area contributed by atoms with Crippen LogP contribution in [-0.4, -0.2) is 42.7 Å². The molecular weight excluding hydrogens is 232 g/mol. The third-order valence-electron chi connectivity index (χ3n) is 3.29. The molecule has 0 bridgehead atoms. The zero-order chi connectivity index (χ0) is 13.0. The van der Waals surface area contributed by atoms with Gasteiger partial charge in [0.2, 0.25) is 5.95 Å². The molecule has 2 N–H and O–H groups in total. The molecule has 1 aliphatic rings. The lowest BCUT2D eigenvalue weighted by Crippen LogP contribution is -2.37. The summed E-state index contributed by atoms with van der Waals surface area (Å²) in [5.41, 5.74) is 6.03. The summed E-state index contributed by atoms with van der Waals surface area (Å²) in [4.78, 5) is 21.8. The first-order valence-corrected chi connectivity index (χ1v) is 6.10. The van der Waals surface area contributed by atoms with Crippen LogP contribution in [0.5, 0.6) is 0 Å². The van der Waals surface area contributed by atoms with Gasteiger partial charge in [0.1, 0.15) is 0 Å². The van der Waals surface area contributed by atoms with Crippen LogP contribution in [0.3, 0.4) is 0 Å². The largest absolute Gasteiger partial charge is 0.465 e. The Labute approximate surface area is 106 Å². The van der Waals surface area contributed by atoms with Crippen molar-refractivity contribution >= 4 is 11.9 Å². The lowest BCUT2D eigenvalue weighted by atomic mass is 9.97. The summed E-state index contributed by atoms with van der Waals surface area (Å²) in [7, 11) is 1.34. The number of anilines is 1. The van der Waals surface area contributed by atoms with Gasteiger partial charge in [0.15, 0.2) is 0 Å². The fraction of sp³-hybridized carbons (Fsp3) is 0.583. The average molecular weight is 250 g/mol. The number of piperidine rings is 1. The van der Waals surface area contributed by atoms with E-state index in [1.165, 1.54) is 19.5 Å². The number of hydrogen-bond acceptors (Lipinski definition) is 6. The summed E-state index contributed by atoms with van der Waals surface area (Å²) >= 11 is 0. The first-order chi connectivity index (χ1) is 8.74. The maximum atomic E-state index is 11.3. The van der Waals surface area contributed by atoms with E-state index in [9.17, 15) is 4.79 Å². The summed E-state index contributed by atoms with van der Waals surface area (Å²) in [6.07, 6.45) is 5.14. The van der Waals surface area contributed by atoms with E-state index >= 15 is 0 Å². The van der Waals surface area contributed by atoms with Crippen molar-refractivity contribution in [2.45, 2.75) is 12.8 Å². The fourth-order valence-electron chi connectivity index (χ4n) is 2.08. The molecule has 2 heterocycles. The van der Waals surface area contributed by atoms with Crippen LogP contribution in [0.4, 0.5) is 5.95 Å². The number of carbonyl (C=O) groups is 1. The SMILES string of the molecule is COC(=O)c1cnc(N2CCC(CN)CC2)nc1. The van der Waals surface area contributed by atoms with Crippen molar-refractivity contribution in [2.24, 2.45) is 11.7 Å². The number of rotatable bonds is 3. The molecule has 1 aliphatic heterocycles. The maximum absolute atomic E-state index is 11.3. The van der Waals surface area contributed by atoms with E-state index in [0.29, 0.717) is 17.4 Å². The van der Waals surface area contributed by atoms with Gasteiger partial charge in [-0.1, -0.05) is 0 Å². The highest BCUT2D eigenvalue weighted by molar-refractivity contribution is 5.88. The van der Waals surface area contributed by atoms with Crippen molar-refractivity contribution in [1.82, 2.24) is 9.97 Å². The molecule has 0 atom stereocenters. The molecular formula is C12H18N4O2. The van der Waals surface area contributed by atoms with Crippen LogP contribution in [0, 0.1) is 5.92 Å². The number of nitrogens with two attached hydrogens (primary N) is 1. The molecule has 0 saturated carbocycles. The third kappa shape index (κ3) is 2.76. The number of methoxy groups -OCH3 is 1. The van der Waals surface area contributed by atoms with Gasteiger partial charge in [-0.2, -0.15) is 0 Å². The van der Waals surface area contributed by atoms with Gasteiger partial charge in [-0.15, -0.1) is 0 Å². The Morgan fingerprint density at radius 1 is 1.44 bits per heavy atom. The van der Waals surface area contributed by atoms with E-state index in [1.807, 2.05) is 0 Å². The van der Waals surface area contributed by atoms with E-state index in [1.54, 1.807) is 0 Å². The Kier molecular flexibility index (Phi) is 4.09. The van der Waals surface area contributed by atoms with E-state index < -0.39 is 5.97 Å². The van der Waals surface area contributed by atoms with Crippen molar-refractivity contribution in [3.63, 3.8) is 0 Å². The lowest BCUT2D eigenvalue weighted by molar-refractivity contribution is 0.0600.